The fourth-order valence-corrected chi connectivity index (χ4v) is 3.90. The lowest BCUT2D eigenvalue weighted by atomic mass is 10.2. The molecule has 0 aliphatic rings. The molecule has 0 fully saturated rings. The highest BCUT2D eigenvalue weighted by molar-refractivity contribution is 7.92. The van der Waals surface area contributed by atoms with Crippen molar-refractivity contribution in [3.63, 3.8) is 0 Å². The molecule has 172 valence electrons. The summed E-state index contributed by atoms with van der Waals surface area (Å²) in [6.07, 6.45) is 2.73. The van der Waals surface area contributed by atoms with Gasteiger partial charge in [-0.2, -0.15) is 0 Å². The summed E-state index contributed by atoms with van der Waals surface area (Å²) in [5.74, 6) is 0.190. The molecule has 0 aliphatic heterocycles. The minimum Gasteiger partial charge on any atom is -0.494 e. The number of carbonyl (C=O) groups excluding carboxylic acids is 1. The van der Waals surface area contributed by atoms with Gasteiger partial charge >= 0.3 is 0 Å². The SMILES string of the molecule is CCOc1cccc(C(=O)NC(=S)Nc2ccc(S(=O)(=O)Nc3nccnc3OC)cc2)c1. The predicted molar refractivity (Wildman–Crippen MR) is 127 cm³/mol. The normalized spacial score (nSPS) is 10.7. The number of rotatable bonds is 8. The number of carbonyl (C=O) groups is 1. The Morgan fingerprint density at radius 2 is 1.82 bits per heavy atom. The van der Waals surface area contributed by atoms with Gasteiger partial charge in [-0.25, -0.2) is 18.4 Å². The van der Waals surface area contributed by atoms with E-state index in [9.17, 15) is 13.2 Å². The highest BCUT2D eigenvalue weighted by Gasteiger charge is 2.18. The Hall–Kier alpha value is -3.77. The first-order chi connectivity index (χ1) is 15.8. The van der Waals surface area contributed by atoms with Crippen molar-refractivity contribution < 1.29 is 22.7 Å². The van der Waals surface area contributed by atoms with E-state index in [1.807, 2.05) is 6.92 Å². The Morgan fingerprint density at radius 3 is 2.52 bits per heavy atom. The van der Waals surface area contributed by atoms with Gasteiger partial charge in [0.25, 0.3) is 21.8 Å². The molecular weight excluding hydrogens is 466 g/mol. The third-order valence-electron chi connectivity index (χ3n) is 4.15. The van der Waals surface area contributed by atoms with E-state index in [0.29, 0.717) is 23.6 Å². The summed E-state index contributed by atoms with van der Waals surface area (Å²) in [7, 11) is -2.57. The van der Waals surface area contributed by atoms with Crippen LogP contribution in [-0.2, 0) is 10.0 Å². The zero-order valence-corrected chi connectivity index (χ0v) is 19.4. The minimum atomic E-state index is -3.93. The van der Waals surface area contributed by atoms with Crippen LogP contribution < -0.4 is 24.8 Å². The molecule has 0 unspecified atom stereocenters. The second-order valence-electron chi connectivity index (χ2n) is 6.41. The number of aromatic nitrogens is 2. The van der Waals surface area contributed by atoms with E-state index >= 15 is 0 Å². The van der Waals surface area contributed by atoms with Crippen LogP contribution in [-0.4, -0.2) is 43.1 Å². The fraction of sp³-hybridized carbons (Fsp3) is 0.143. The number of nitrogens with one attached hydrogen (secondary N) is 3. The van der Waals surface area contributed by atoms with Crippen LogP contribution in [0.4, 0.5) is 11.5 Å². The first kappa shape index (κ1) is 23.9. The topological polar surface area (TPSA) is 132 Å². The molecule has 3 N–H and O–H groups in total. The number of sulfonamides is 1. The second kappa shape index (κ2) is 10.7. The number of hydrogen-bond acceptors (Lipinski definition) is 8. The molecule has 0 aliphatic carbocycles. The summed E-state index contributed by atoms with van der Waals surface area (Å²) in [4.78, 5) is 20.2. The lowest BCUT2D eigenvalue weighted by Gasteiger charge is -2.12. The van der Waals surface area contributed by atoms with E-state index in [2.05, 4.69) is 25.3 Å². The van der Waals surface area contributed by atoms with Crippen LogP contribution in [0.5, 0.6) is 11.6 Å². The molecule has 2 aromatic carbocycles. The maximum Gasteiger partial charge on any atom is 0.263 e. The number of methoxy groups -OCH3 is 1. The molecule has 1 amide bonds. The third kappa shape index (κ3) is 6.37. The second-order valence-corrected chi connectivity index (χ2v) is 8.50. The van der Waals surface area contributed by atoms with Crippen molar-refractivity contribution in [1.29, 1.82) is 0 Å². The van der Waals surface area contributed by atoms with E-state index in [4.69, 9.17) is 21.7 Å². The van der Waals surface area contributed by atoms with Gasteiger partial charge in [0.05, 0.1) is 18.6 Å². The number of hydrogen-bond donors (Lipinski definition) is 3. The maximum atomic E-state index is 12.6. The summed E-state index contributed by atoms with van der Waals surface area (Å²) in [5.41, 5.74) is 0.872. The highest BCUT2D eigenvalue weighted by atomic mass is 32.2. The van der Waals surface area contributed by atoms with Crippen LogP contribution in [0.25, 0.3) is 0 Å². The van der Waals surface area contributed by atoms with Gasteiger partial charge in [0.15, 0.2) is 5.11 Å². The van der Waals surface area contributed by atoms with Crippen LogP contribution in [0, 0.1) is 0 Å². The van der Waals surface area contributed by atoms with Crippen LogP contribution in [0.1, 0.15) is 17.3 Å². The van der Waals surface area contributed by atoms with Crippen molar-refractivity contribution in [1.82, 2.24) is 15.3 Å². The smallest absolute Gasteiger partial charge is 0.263 e. The number of benzene rings is 2. The standard InChI is InChI=1S/C21H21N5O5S2/c1-3-31-16-6-4-5-14(13-16)19(27)25-21(32)24-15-7-9-17(10-8-15)33(28,29)26-18-20(30-2)23-12-11-22-18/h4-13H,3H2,1-2H3,(H,22,26)(H2,24,25,27,32). The van der Waals surface area contributed by atoms with E-state index in [-0.39, 0.29) is 21.7 Å². The van der Waals surface area contributed by atoms with Gasteiger partial charge in [-0.05, 0) is 61.6 Å². The van der Waals surface area contributed by atoms with Crippen LogP contribution in [0.2, 0.25) is 0 Å². The molecule has 0 atom stereocenters. The van der Waals surface area contributed by atoms with E-state index in [1.54, 1.807) is 24.3 Å². The van der Waals surface area contributed by atoms with E-state index in [1.165, 1.54) is 43.8 Å². The lowest BCUT2D eigenvalue weighted by Crippen LogP contribution is -2.34. The zero-order chi connectivity index (χ0) is 23.8. The molecule has 1 heterocycles. The van der Waals surface area contributed by atoms with Crippen molar-refractivity contribution >= 4 is 44.8 Å². The van der Waals surface area contributed by atoms with Crippen molar-refractivity contribution in [2.45, 2.75) is 11.8 Å². The molecule has 3 rings (SSSR count). The fourth-order valence-electron chi connectivity index (χ4n) is 2.68. The molecular formula is C21H21N5O5S2. The summed E-state index contributed by atoms with van der Waals surface area (Å²) in [6.45, 7) is 2.34. The number of thiocarbonyl (C=S) groups is 1. The van der Waals surface area contributed by atoms with Crippen LogP contribution in [0.15, 0.2) is 65.8 Å². The van der Waals surface area contributed by atoms with Gasteiger partial charge in [0.1, 0.15) is 5.75 Å². The van der Waals surface area contributed by atoms with Gasteiger partial charge < -0.3 is 14.8 Å². The average molecular weight is 488 g/mol. The highest BCUT2D eigenvalue weighted by Crippen LogP contribution is 2.22. The predicted octanol–water partition coefficient (Wildman–Crippen LogP) is 2.81. The quantitative estimate of drug-likeness (QED) is 0.410. The van der Waals surface area contributed by atoms with Gasteiger partial charge in [-0.15, -0.1) is 0 Å². The molecule has 1 aromatic heterocycles. The molecule has 10 nitrogen and oxygen atoms in total. The number of ether oxygens (including phenoxy) is 2. The van der Waals surface area contributed by atoms with Gasteiger partial charge in [0, 0.05) is 23.6 Å². The van der Waals surface area contributed by atoms with Gasteiger partial charge in [-0.3, -0.25) is 14.8 Å². The Bertz CT molecular complexity index is 1250. The van der Waals surface area contributed by atoms with Gasteiger partial charge in [-0.1, -0.05) is 6.07 Å². The molecule has 0 saturated heterocycles. The lowest BCUT2D eigenvalue weighted by molar-refractivity contribution is 0.0977. The van der Waals surface area contributed by atoms with Gasteiger partial charge in [0.2, 0.25) is 5.82 Å². The Morgan fingerprint density at radius 1 is 1.09 bits per heavy atom. The molecule has 12 heteroatoms. The average Bonchev–Trinajstić information content (AvgIpc) is 2.80. The summed E-state index contributed by atoms with van der Waals surface area (Å²) in [5, 5.41) is 5.47. The first-order valence-corrected chi connectivity index (χ1v) is 11.5. The number of nitrogens with zero attached hydrogens (tertiary/aromatic N) is 2. The van der Waals surface area contributed by atoms with Crippen molar-refractivity contribution in [2.24, 2.45) is 0 Å². The first-order valence-electron chi connectivity index (χ1n) is 9.65. The van der Waals surface area contributed by atoms with Crippen molar-refractivity contribution in [3.05, 3.63) is 66.5 Å². The Labute approximate surface area is 196 Å². The molecule has 33 heavy (non-hydrogen) atoms. The molecule has 0 bridgehead atoms. The molecule has 0 saturated carbocycles. The Balaban J connectivity index is 1.63. The van der Waals surface area contributed by atoms with Crippen molar-refractivity contribution in [2.75, 3.05) is 23.8 Å². The monoisotopic (exact) mass is 487 g/mol. The van der Waals surface area contributed by atoms with Crippen molar-refractivity contribution in [3.8, 4) is 11.6 Å². The molecule has 0 radical (unpaired) electrons. The maximum absolute atomic E-state index is 12.6. The Kier molecular flexibility index (Phi) is 7.74. The summed E-state index contributed by atoms with van der Waals surface area (Å²) < 4.78 is 38.0. The summed E-state index contributed by atoms with van der Waals surface area (Å²) >= 11 is 5.18. The molecule has 0 spiro atoms. The number of anilines is 2. The van der Waals surface area contributed by atoms with E-state index in [0.717, 1.165) is 0 Å². The van der Waals surface area contributed by atoms with Crippen LogP contribution >= 0.6 is 12.2 Å². The zero-order valence-electron chi connectivity index (χ0n) is 17.7. The third-order valence-corrected chi connectivity index (χ3v) is 5.70. The summed E-state index contributed by atoms with van der Waals surface area (Å²) in [6, 6.07) is 12.5. The minimum absolute atomic E-state index is 0.0107. The van der Waals surface area contributed by atoms with E-state index < -0.39 is 15.9 Å². The largest absolute Gasteiger partial charge is 0.494 e. The number of amides is 1. The molecule has 3 aromatic rings. The van der Waals surface area contributed by atoms with Crippen LogP contribution in [0.3, 0.4) is 0 Å².